The molecule has 1 amide bonds. The van der Waals surface area contributed by atoms with Gasteiger partial charge in [0.05, 0.1) is 24.8 Å². The third-order valence-electron chi connectivity index (χ3n) is 2.32. The van der Waals surface area contributed by atoms with Crippen molar-refractivity contribution in [2.24, 2.45) is 0 Å². The number of aryl methyl sites for hydroxylation is 1. The standard InChI is InChI=1S/C12H17NO4/c1-8-3-4-11(15)10(5-8)12(16)13-9(6-14)7-17-2/h3-5,9,14-15H,6-7H2,1-2H3,(H,13,16). The lowest BCUT2D eigenvalue weighted by molar-refractivity contribution is 0.0837. The second kappa shape index (κ2) is 6.22. The van der Waals surface area contributed by atoms with Gasteiger partial charge in [-0.15, -0.1) is 0 Å². The first-order valence-corrected chi connectivity index (χ1v) is 5.28. The highest BCUT2D eigenvalue weighted by Crippen LogP contribution is 2.17. The molecule has 0 bridgehead atoms. The molecule has 0 fully saturated rings. The van der Waals surface area contributed by atoms with Crippen molar-refractivity contribution in [1.82, 2.24) is 5.32 Å². The minimum atomic E-state index is -0.479. The van der Waals surface area contributed by atoms with E-state index in [1.54, 1.807) is 12.1 Å². The molecule has 0 aliphatic carbocycles. The number of carbonyl (C=O) groups is 1. The molecule has 17 heavy (non-hydrogen) atoms. The van der Waals surface area contributed by atoms with Gasteiger partial charge in [-0.1, -0.05) is 11.6 Å². The van der Waals surface area contributed by atoms with Gasteiger partial charge in [0.25, 0.3) is 5.91 Å². The Morgan fingerprint density at radius 2 is 2.24 bits per heavy atom. The minimum Gasteiger partial charge on any atom is -0.507 e. The summed E-state index contributed by atoms with van der Waals surface area (Å²) in [4.78, 5) is 11.8. The van der Waals surface area contributed by atoms with Crippen LogP contribution in [0, 0.1) is 6.92 Å². The topological polar surface area (TPSA) is 78.8 Å². The van der Waals surface area contributed by atoms with E-state index < -0.39 is 11.9 Å². The predicted molar refractivity (Wildman–Crippen MR) is 63.1 cm³/mol. The fourth-order valence-electron chi connectivity index (χ4n) is 1.44. The Hall–Kier alpha value is -1.59. The molecule has 0 aliphatic heterocycles. The van der Waals surface area contributed by atoms with Gasteiger partial charge in [-0.25, -0.2) is 0 Å². The van der Waals surface area contributed by atoms with Crippen LogP contribution in [0.2, 0.25) is 0 Å². The van der Waals surface area contributed by atoms with Gasteiger partial charge in [0.1, 0.15) is 5.75 Å². The van der Waals surface area contributed by atoms with Gasteiger partial charge < -0.3 is 20.3 Å². The van der Waals surface area contributed by atoms with Crippen LogP contribution in [0.15, 0.2) is 18.2 Å². The lowest BCUT2D eigenvalue weighted by Crippen LogP contribution is -2.40. The molecule has 1 aromatic rings. The smallest absolute Gasteiger partial charge is 0.255 e. The highest BCUT2D eigenvalue weighted by molar-refractivity contribution is 5.97. The Bertz CT molecular complexity index is 392. The molecule has 0 aliphatic rings. The number of aromatic hydroxyl groups is 1. The molecule has 1 atom stereocenters. The minimum absolute atomic E-state index is 0.0813. The fourth-order valence-corrected chi connectivity index (χ4v) is 1.44. The maximum Gasteiger partial charge on any atom is 0.255 e. The van der Waals surface area contributed by atoms with Gasteiger partial charge in [0.15, 0.2) is 0 Å². The van der Waals surface area contributed by atoms with E-state index in [2.05, 4.69) is 5.32 Å². The van der Waals surface area contributed by atoms with Crippen molar-refractivity contribution in [2.45, 2.75) is 13.0 Å². The fraction of sp³-hybridized carbons (Fsp3) is 0.417. The number of benzene rings is 1. The van der Waals surface area contributed by atoms with Crippen LogP contribution in [-0.4, -0.2) is 42.5 Å². The Labute approximate surface area is 100 Å². The van der Waals surface area contributed by atoms with Crippen LogP contribution in [0.3, 0.4) is 0 Å². The third kappa shape index (κ3) is 3.72. The average Bonchev–Trinajstić information content (AvgIpc) is 2.31. The molecule has 1 rings (SSSR count). The summed E-state index contributed by atoms with van der Waals surface area (Å²) in [5, 5.41) is 21.2. The molecule has 0 saturated carbocycles. The number of methoxy groups -OCH3 is 1. The second-order valence-corrected chi connectivity index (χ2v) is 3.83. The number of aliphatic hydroxyl groups excluding tert-OH is 1. The van der Waals surface area contributed by atoms with Crippen molar-refractivity contribution in [3.8, 4) is 5.75 Å². The van der Waals surface area contributed by atoms with Crippen LogP contribution in [0.5, 0.6) is 5.75 Å². The van der Waals surface area contributed by atoms with Gasteiger partial charge >= 0.3 is 0 Å². The van der Waals surface area contributed by atoms with E-state index in [0.717, 1.165) is 5.56 Å². The number of amides is 1. The molecule has 1 aromatic carbocycles. The first kappa shape index (κ1) is 13.5. The van der Waals surface area contributed by atoms with Crippen molar-refractivity contribution < 1.29 is 19.7 Å². The number of hydrogen-bond acceptors (Lipinski definition) is 4. The molecule has 94 valence electrons. The van der Waals surface area contributed by atoms with Crippen LogP contribution < -0.4 is 5.32 Å². The first-order chi connectivity index (χ1) is 8.08. The number of rotatable bonds is 5. The SMILES string of the molecule is COCC(CO)NC(=O)c1cc(C)ccc1O. The van der Waals surface area contributed by atoms with Crippen molar-refractivity contribution >= 4 is 5.91 Å². The molecule has 0 saturated heterocycles. The molecule has 1 unspecified atom stereocenters. The van der Waals surface area contributed by atoms with Gasteiger partial charge in [0.2, 0.25) is 0 Å². The quantitative estimate of drug-likeness (QED) is 0.696. The third-order valence-corrected chi connectivity index (χ3v) is 2.32. The Morgan fingerprint density at radius 3 is 2.82 bits per heavy atom. The molecule has 0 heterocycles. The second-order valence-electron chi connectivity index (χ2n) is 3.83. The predicted octanol–water partition coefficient (Wildman–Crippen LogP) is 0.438. The number of carbonyl (C=O) groups excluding carboxylic acids is 1. The van der Waals surface area contributed by atoms with Gasteiger partial charge in [-0.05, 0) is 19.1 Å². The summed E-state index contributed by atoms with van der Waals surface area (Å²) in [6, 6.07) is 4.29. The van der Waals surface area contributed by atoms with Gasteiger partial charge in [-0.3, -0.25) is 4.79 Å². The zero-order valence-corrected chi connectivity index (χ0v) is 9.93. The zero-order chi connectivity index (χ0) is 12.8. The zero-order valence-electron chi connectivity index (χ0n) is 9.93. The van der Waals surface area contributed by atoms with Gasteiger partial charge in [-0.2, -0.15) is 0 Å². The Balaban J connectivity index is 2.78. The molecular formula is C12H17NO4. The molecule has 0 spiro atoms. The van der Waals surface area contributed by atoms with Crippen LogP contribution in [0.4, 0.5) is 0 Å². The summed E-state index contributed by atoms with van der Waals surface area (Å²) in [5.74, 6) is -0.510. The average molecular weight is 239 g/mol. The van der Waals surface area contributed by atoms with E-state index in [1.165, 1.54) is 13.2 Å². The van der Waals surface area contributed by atoms with Crippen LogP contribution in [0.1, 0.15) is 15.9 Å². The summed E-state index contributed by atoms with van der Waals surface area (Å²) < 4.78 is 4.85. The number of ether oxygens (including phenoxy) is 1. The van der Waals surface area contributed by atoms with E-state index in [9.17, 15) is 9.90 Å². The Morgan fingerprint density at radius 1 is 1.53 bits per heavy atom. The number of hydrogen-bond donors (Lipinski definition) is 3. The van der Waals surface area contributed by atoms with Crippen molar-refractivity contribution in [3.05, 3.63) is 29.3 Å². The van der Waals surface area contributed by atoms with Crippen LogP contribution in [0.25, 0.3) is 0 Å². The maximum atomic E-state index is 11.8. The van der Waals surface area contributed by atoms with Crippen LogP contribution >= 0.6 is 0 Å². The van der Waals surface area contributed by atoms with E-state index >= 15 is 0 Å². The van der Waals surface area contributed by atoms with Gasteiger partial charge in [0, 0.05) is 7.11 Å². The highest BCUT2D eigenvalue weighted by atomic mass is 16.5. The normalized spacial score (nSPS) is 12.2. The molecule has 3 N–H and O–H groups in total. The van der Waals surface area contributed by atoms with Crippen molar-refractivity contribution in [2.75, 3.05) is 20.3 Å². The lowest BCUT2D eigenvalue weighted by Gasteiger charge is -2.15. The number of aliphatic hydroxyl groups is 1. The molecule has 5 nitrogen and oxygen atoms in total. The number of phenolic OH excluding ortho intramolecular Hbond substituents is 1. The van der Waals surface area contributed by atoms with Crippen molar-refractivity contribution in [3.63, 3.8) is 0 Å². The summed E-state index contributed by atoms with van der Waals surface area (Å²) in [5.41, 5.74) is 1.07. The van der Waals surface area contributed by atoms with Crippen LogP contribution in [-0.2, 0) is 4.74 Å². The van der Waals surface area contributed by atoms with E-state index in [-0.39, 0.29) is 24.5 Å². The first-order valence-electron chi connectivity index (χ1n) is 5.28. The monoisotopic (exact) mass is 239 g/mol. The molecule has 0 aromatic heterocycles. The molecule has 0 radical (unpaired) electrons. The largest absolute Gasteiger partial charge is 0.507 e. The lowest BCUT2D eigenvalue weighted by atomic mass is 10.1. The maximum absolute atomic E-state index is 11.8. The summed E-state index contributed by atoms with van der Waals surface area (Å²) in [7, 11) is 1.49. The molecule has 5 heteroatoms. The number of phenols is 1. The highest BCUT2D eigenvalue weighted by Gasteiger charge is 2.15. The summed E-state index contributed by atoms with van der Waals surface area (Å²) >= 11 is 0. The number of nitrogens with one attached hydrogen (secondary N) is 1. The summed E-state index contributed by atoms with van der Waals surface area (Å²) in [6.07, 6.45) is 0. The van der Waals surface area contributed by atoms with E-state index in [0.29, 0.717) is 0 Å². The molecular weight excluding hydrogens is 222 g/mol. The van der Waals surface area contributed by atoms with Crippen molar-refractivity contribution in [1.29, 1.82) is 0 Å². The van der Waals surface area contributed by atoms with E-state index in [1.807, 2.05) is 6.92 Å². The Kier molecular flexibility index (Phi) is 4.93. The van der Waals surface area contributed by atoms with E-state index in [4.69, 9.17) is 9.84 Å². The summed E-state index contributed by atoms with van der Waals surface area (Å²) in [6.45, 7) is 1.83.